The summed E-state index contributed by atoms with van der Waals surface area (Å²) < 4.78 is 0. The summed E-state index contributed by atoms with van der Waals surface area (Å²) in [6, 6.07) is 11.1. The number of nitrogens with zero attached hydrogens (tertiary/aromatic N) is 2. The number of nitro groups is 1. The average molecular weight is 329 g/mol. The van der Waals surface area contributed by atoms with Crippen LogP contribution in [0.15, 0.2) is 41.4 Å². The van der Waals surface area contributed by atoms with Crippen LogP contribution in [0.4, 0.5) is 11.4 Å². The number of hydrogen-bond donors (Lipinski definition) is 1. The molecule has 0 saturated carbocycles. The van der Waals surface area contributed by atoms with Crippen molar-refractivity contribution in [3.63, 3.8) is 0 Å². The molecular formula is C17H19N3O2S. The van der Waals surface area contributed by atoms with Crippen molar-refractivity contribution >= 4 is 39.1 Å². The van der Waals surface area contributed by atoms with Crippen molar-refractivity contribution in [3.05, 3.63) is 46.5 Å². The number of amidine groups is 1. The van der Waals surface area contributed by atoms with Crippen LogP contribution >= 0.6 is 11.8 Å². The van der Waals surface area contributed by atoms with E-state index in [0.29, 0.717) is 17.3 Å². The molecule has 0 bridgehead atoms. The maximum absolute atomic E-state index is 11.2. The van der Waals surface area contributed by atoms with Gasteiger partial charge in [-0.2, -0.15) is 0 Å². The number of aliphatic imine (C=N–C) groups is 1. The third-order valence-electron chi connectivity index (χ3n) is 3.80. The molecule has 1 aliphatic heterocycles. The molecule has 3 rings (SSSR count). The topological polar surface area (TPSA) is 67.5 Å². The molecule has 0 aliphatic carbocycles. The predicted octanol–water partition coefficient (Wildman–Crippen LogP) is 4.68. The molecule has 1 heterocycles. The fraction of sp³-hybridized carbons (Fsp3) is 0.353. The maximum Gasteiger partial charge on any atom is 0.277 e. The standard InChI is InChI=1S/C17H19N3O2S/c1-11(2)9-12-10-23-17(18-12)19-15-7-8-16(20(21)22)14-6-4-3-5-13(14)15/h3-8,11-12H,9-10H2,1-2H3,(H,18,19)/t12-/m0/s1. The lowest BCUT2D eigenvalue weighted by molar-refractivity contribution is -0.383. The normalized spacial score (nSPS) is 17.5. The Morgan fingerprint density at radius 3 is 2.74 bits per heavy atom. The molecule has 1 atom stereocenters. The molecule has 0 aromatic heterocycles. The van der Waals surface area contributed by atoms with Gasteiger partial charge in [0.2, 0.25) is 0 Å². The van der Waals surface area contributed by atoms with E-state index in [1.165, 1.54) is 0 Å². The van der Waals surface area contributed by atoms with E-state index < -0.39 is 0 Å². The van der Waals surface area contributed by atoms with Crippen LogP contribution in [0.3, 0.4) is 0 Å². The predicted molar refractivity (Wildman–Crippen MR) is 97.4 cm³/mol. The van der Waals surface area contributed by atoms with Gasteiger partial charge in [-0.1, -0.05) is 43.8 Å². The minimum absolute atomic E-state index is 0.129. The summed E-state index contributed by atoms with van der Waals surface area (Å²) >= 11 is 1.71. The SMILES string of the molecule is CC(C)C[C@H]1CSC(Nc2ccc([N+](=O)[O-])c3ccccc23)=N1. The smallest absolute Gasteiger partial charge is 0.277 e. The lowest BCUT2D eigenvalue weighted by atomic mass is 10.1. The fourth-order valence-corrected chi connectivity index (χ4v) is 3.78. The van der Waals surface area contributed by atoms with Gasteiger partial charge in [-0.15, -0.1) is 0 Å². The largest absolute Gasteiger partial charge is 0.334 e. The molecule has 0 radical (unpaired) electrons. The van der Waals surface area contributed by atoms with Crippen LogP contribution < -0.4 is 5.32 Å². The van der Waals surface area contributed by atoms with Crippen molar-refractivity contribution in [2.75, 3.05) is 11.1 Å². The van der Waals surface area contributed by atoms with Crippen molar-refractivity contribution in [1.82, 2.24) is 0 Å². The van der Waals surface area contributed by atoms with Gasteiger partial charge in [-0.25, -0.2) is 0 Å². The van der Waals surface area contributed by atoms with E-state index in [-0.39, 0.29) is 10.6 Å². The van der Waals surface area contributed by atoms with E-state index in [2.05, 4.69) is 19.2 Å². The highest BCUT2D eigenvalue weighted by Gasteiger charge is 2.20. The number of benzene rings is 2. The van der Waals surface area contributed by atoms with Crippen molar-refractivity contribution < 1.29 is 4.92 Å². The number of nitrogens with one attached hydrogen (secondary N) is 1. The first-order chi connectivity index (χ1) is 11.0. The van der Waals surface area contributed by atoms with Gasteiger partial charge in [0.1, 0.15) is 0 Å². The Balaban J connectivity index is 1.90. The molecule has 1 aliphatic rings. The van der Waals surface area contributed by atoms with Crippen LogP contribution in [-0.4, -0.2) is 21.9 Å². The van der Waals surface area contributed by atoms with Gasteiger partial charge in [0.25, 0.3) is 5.69 Å². The Morgan fingerprint density at radius 1 is 1.30 bits per heavy atom. The minimum Gasteiger partial charge on any atom is -0.334 e. The summed E-state index contributed by atoms with van der Waals surface area (Å²) in [4.78, 5) is 15.6. The van der Waals surface area contributed by atoms with Crippen LogP contribution in [0.25, 0.3) is 10.8 Å². The zero-order valence-corrected chi connectivity index (χ0v) is 14.0. The molecule has 0 saturated heterocycles. The lowest BCUT2D eigenvalue weighted by Gasteiger charge is -2.09. The van der Waals surface area contributed by atoms with Gasteiger partial charge >= 0.3 is 0 Å². The van der Waals surface area contributed by atoms with Crippen LogP contribution in [0, 0.1) is 16.0 Å². The second kappa shape index (κ2) is 6.58. The number of hydrogen-bond acceptors (Lipinski definition) is 5. The van der Waals surface area contributed by atoms with Crippen molar-refractivity contribution in [3.8, 4) is 0 Å². The molecule has 5 nitrogen and oxygen atoms in total. The summed E-state index contributed by atoms with van der Waals surface area (Å²) in [6.07, 6.45) is 1.08. The lowest BCUT2D eigenvalue weighted by Crippen LogP contribution is -2.08. The maximum atomic E-state index is 11.2. The summed E-state index contributed by atoms with van der Waals surface area (Å²) in [6.45, 7) is 4.41. The summed E-state index contributed by atoms with van der Waals surface area (Å²) in [5.74, 6) is 1.62. The Labute approximate surface area is 139 Å². The van der Waals surface area contributed by atoms with Gasteiger partial charge in [-0.3, -0.25) is 15.1 Å². The first-order valence-corrected chi connectivity index (χ1v) is 8.67. The molecule has 0 fully saturated rings. The summed E-state index contributed by atoms with van der Waals surface area (Å²) in [7, 11) is 0. The highest BCUT2D eigenvalue weighted by atomic mass is 32.2. The third-order valence-corrected chi connectivity index (χ3v) is 4.83. The Hall–Kier alpha value is -2.08. The summed E-state index contributed by atoms with van der Waals surface area (Å²) in [5.41, 5.74) is 0.993. The monoisotopic (exact) mass is 329 g/mol. The molecule has 0 spiro atoms. The molecule has 1 N–H and O–H groups in total. The van der Waals surface area contributed by atoms with Crippen molar-refractivity contribution in [2.24, 2.45) is 10.9 Å². The highest BCUT2D eigenvalue weighted by molar-refractivity contribution is 8.14. The molecule has 23 heavy (non-hydrogen) atoms. The third kappa shape index (κ3) is 3.47. The van der Waals surface area contributed by atoms with Gasteiger partial charge in [0.05, 0.1) is 16.4 Å². The Bertz CT molecular complexity index is 774. The van der Waals surface area contributed by atoms with Gasteiger partial charge in [0.15, 0.2) is 5.17 Å². The molecule has 2 aromatic carbocycles. The number of thioether (sulfide) groups is 1. The Morgan fingerprint density at radius 2 is 2.04 bits per heavy atom. The van der Waals surface area contributed by atoms with Crippen molar-refractivity contribution in [1.29, 1.82) is 0 Å². The van der Waals surface area contributed by atoms with Gasteiger partial charge in [-0.05, 0) is 24.5 Å². The van der Waals surface area contributed by atoms with E-state index in [4.69, 9.17) is 4.99 Å². The first kappa shape index (κ1) is 15.8. The van der Waals surface area contributed by atoms with Crippen LogP contribution in [0.1, 0.15) is 20.3 Å². The second-order valence-electron chi connectivity index (χ2n) is 6.09. The van der Waals surface area contributed by atoms with Gasteiger partial charge in [0, 0.05) is 22.9 Å². The average Bonchev–Trinajstić information content (AvgIpc) is 2.93. The minimum atomic E-state index is -0.341. The molecule has 6 heteroatoms. The van der Waals surface area contributed by atoms with E-state index in [1.807, 2.05) is 18.2 Å². The van der Waals surface area contributed by atoms with Crippen LogP contribution in [0.2, 0.25) is 0 Å². The number of non-ortho nitro benzene ring substituents is 1. The molecule has 120 valence electrons. The molecular weight excluding hydrogens is 310 g/mol. The summed E-state index contributed by atoms with van der Waals surface area (Å²) in [5, 5.41) is 16.9. The zero-order chi connectivity index (χ0) is 16.4. The zero-order valence-electron chi connectivity index (χ0n) is 13.2. The number of rotatable bonds is 4. The van der Waals surface area contributed by atoms with E-state index >= 15 is 0 Å². The molecule has 0 unspecified atom stereocenters. The van der Waals surface area contributed by atoms with Gasteiger partial charge < -0.3 is 5.32 Å². The van der Waals surface area contributed by atoms with E-state index in [1.54, 1.807) is 30.0 Å². The number of anilines is 1. The number of fused-ring (bicyclic) bond motifs is 1. The van der Waals surface area contributed by atoms with Crippen molar-refractivity contribution in [2.45, 2.75) is 26.3 Å². The quantitative estimate of drug-likeness (QED) is 0.653. The second-order valence-corrected chi connectivity index (χ2v) is 7.10. The van der Waals surface area contributed by atoms with E-state index in [9.17, 15) is 10.1 Å². The van der Waals surface area contributed by atoms with Crippen LogP contribution in [-0.2, 0) is 0 Å². The fourth-order valence-electron chi connectivity index (χ4n) is 2.82. The highest BCUT2D eigenvalue weighted by Crippen LogP contribution is 2.33. The van der Waals surface area contributed by atoms with E-state index in [0.717, 1.165) is 28.4 Å². The molecule has 0 amide bonds. The van der Waals surface area contributed by atoms with Crippen LogP contribution in [0.5, 0.6) is 0 Å². The molecule has 2 aromatic rings. The Kier molecular flexibility index (Phi) is 4.52. The first-order valence-electron chi connectivity index (χ1n) is 7.68. The number of nitro benzene ring substituents is 1.